The van der Waals surface area contributed by atoms with Crippen LogP contribution in [-0.2, 0) is 0 Å². The van der Waals surface area contributed by atoms with Crippen LogP contribution in [0, 0.1) is 0 Å². The van der Waals surface area contributed by atoms with E-state index in [1.807, 2.05) is 0 Å². The standard InChI is InChI=1S/C6H13NS/c1-7-4-2-3-6(8)5-7/h6,8H,2-5H2,1H3/t6-/m0/s1. The third kappa shape index (κ3) is 1.67. The predicted molar refractivity (Wildman–Crippen MR) is 39.5 cm³/mol. The summed E-state index contributed by atoms with van der Waals surface area (Å²) in [6.45, 7) is 2.43. The lowest BCUT2D eigenvalue weighted by Gasteiger charge is -2.26. The van der Waals surface area contributed by atoms with Crippen molar-refractivity contribution in [2.75, 3.05) is 20.1 Å². The second kappa shape index (κ2) is 2.74. The van der Waals surface area contributed by atoms with Crippen LogP contribution in [0.5, 0.6) is 0 Å². The van der Waals surface area contributed by atoms with Crippen molar-refractivity contribution in [1.82, 2.24) is 4.90 Å². The summed E-state index contributed by atoms with van der Waals surface area (Å²) in [4.78, 5) is 2.33. The van der Waals surface area contributed by atoms with Crippen LogP contribution >= 0.6 is 12.6 Å². The average Bonchev–Trinajstić information content (AvgIpc) is 1.64. The highest BCUT2D eigenvalue weighted by molar-refractivity contribution is 7.81. The van der Waals surface area contributed by atoms with E-state index in [4.69, 9.17) is 0 Å². The van der Waals surface area contributed by atoms with Crippen LogP contribution in [-0.4, -0.2) is 30.3 Å². The molecule has 0 N–H and O–H groups in total. The molecule has 1 heterocycles. The lowest BCUT2D eigenvalue weighted by atomic mass is 10.1. The molecule has 0 aliphatic carbocycles. The van der Waals surface area contributed by atoms with Crippen molar-refractivity contribution in [3.05, 3.63) is 0 Å². The van der Waals surface area contributed by atoms with Gasteiger partial charge in [-0.2, -0.15) is 12.6 Å². The fourth-order valence-electron chi connectivity index (χ4n) is 1.14. The van der Waals surface area contributed by atoms with Crippen LogP contribution < -0.4 is 0 Å². The zero-order valence-electron chi connectivity index (χ0n) is 5.30. The summed E-state index contributed by atoms with van der Waals surface area (Å²) in [7, 11) is 2.16. The monoisotopic (exact) mass is 131 g/mol. The van der Waals surface area contributed by atoms with Gasteiger partial charge in [0.2, 0.25) is 0 Å². The van der Waals surface area contributed by atoms with Gasteiger partial charge in [0.15, 0.2) is 0 Å². The molecule has 1 nitrogen and oxygen atoms in total. The lowest BCUT2D eigenvalue weighted by molar-refractivity contribution is 0.284. The fraction of sp³-hybridized carbons (Fsp3) is 1.00. The first-order valence-electron chi connectivity index (χ1n) is 3.15. The van der Waals surface area contributed by atoms with Crippen molar-refractivity contribution < 1.29 is 0 Å². The molecule has 1 aliphatic rings. The van der Waals surface area contributed by atoms with Gasteiger partial charge < -0.3 is 4.90 Å². The number of nitrogens with zero attached hydrogens (tertiary/aromatic N) is 1. The maximum absolute atomic E-state index is 4.38. The van der Waals surface area contributed by atoms with E-state index in [1.165, 1.54) is 25.9 Å². The van der Waals surface area contributed by atoms with Gasteiger partial charge >= 0.3 is 0 Å². The van der Waals surface area contributed by atoms with Crippen molar-refractivity contribution in [2.24, 2.45) is 0 Å². The van der Waals surface area contributed by atoms with Crippen LogP contribution in [0.25, 0.3) is 0 Å². The molecule has 48 valence electrons. The number of rotatable bonds is 0. The van der Waals surface area contributed by atoms with Crippen molar-refractivity contribution in [2.45, 2.75) is 18.1 Å². The number of likely N-dealkylation sites (tertiary alicyclic amines) is 1. The molecule has 1 fully saturated rings. The number of hydrogen-bond donors (Lipinski definition) is 1. The smallest absolute Gasteiger partial charge is 0.0145 e. The van der Waals surface area contributed by atoms with E-state index in [0.29, 0.717) is 5.25 Å². The minimum atomic E-state index is 0.633. The number of piperidine rings is 1. The second-order valence-electron chi connectivity index (χ2n) is 2.56. The Morgan fingerprint density at radius 2 is 2.38 bits per heavy atom. The maximum atomic E-state index is 4.38. The highest BCUT2D eigenvalue weighted by Crippen LogP contribution is 2.11. The molecule has 0 spiro atoms. The molecule has 0 aromatic carbocycles. The van der Waals surface area contributed by atoms with Crippen LogP contribution in [0.3, 0.4) is 0 Å². The van der Waals surface area contributed by atoms with E-state index in [-0.39, 0.29) is 0 Å². The van der Waals surface area contributed by atoms with Gasteiger partial charge in [-0.1, -0.05) is 0 Å². The Bertz CT molecular complexity index is 66.9. The Balaban J connectivity index is 2.23. The van der Waals surface area contributed by atoms with Crippen LogP contribution in [0.15, 0.2) is 0 Å². The maximum Gasteiger partial charge on any atom is 0.0145 e. The van der Waals surface area contributed by atoms with Gasteiger partial charge in [-0.25, -0.2) is 0 Å². The zero-order valence-corrected chi connectivity index (χ0v) is 6.19. The van der Waals surface area contributed by atoms with Crippen molar-refractivity contribution in [3.8, 4) is 0 Å². The van der Waals surface area contributed by atoms with E-state index in [1.54, 1.807) is 0 Å². The molecule has 0 aromatic heterocycles. The summed E-state index contributed by atoms with van der Waals surface area (Å²) in [5, 5.41) is 0.633. The van der Waals surface area contributed by atoms with Gasteiger partial charge in [0.05, 0.1) is 0 Å². The summed E-state index contributed by atoms with van der Waals surface area (Å²) < 4.78 is 0. The normalized spacial score (nSPS) is 33.0. The minimum Gasteiger partial charge on any atom is -0.305 e. The van der Waals surface area contributed by atoms with E-state index >= 15 is 0 Å². The molecule has 1 aliphatic heterocycles. The molecule has 0 saturated carbocycles. The molecule has 0 radical (unpaired) electrons. The fourth-order valence-corrected chi connectivity index (χ4v) is 1.60. The molecule has 2 heteroatoms. The van der Waals surface area contributed by atoms with Crippen molar-refractivity contribution >= 4 is 12.6 Å². The topological polar surface area (TPSA) is 3.24 Å². The number of hydrogen-bond acceptors (Lipinski definition) is 2. The zero-order chi connectivity index (χ0) is 5.98. The molecule has 1 saturated heterocycles. The predicted octanol–water partition coefficient (Wildman–Crippen LogP) is 1.01. The SMILES string of the molecule is CN1CCC[C@H](S)C1. The van der Waals surface area contributed by atoms with Gasteiger partial charge in [0.1, 0.15) is 0 Å². The van der Waals surface area contributed by atoms with Crippen LogP contribution in [0.1, 0.15) is 12.8 Å². The Kier molecular flexibility index (Phi) is 2.20. The Morgan fingerprint density at radius 1 is 1.62 bits per heavy atom. The molecule has 0 aromatic rings. The first-order valence-corrected chi connectivity index (χ1v) is 3.67. The third-order valence-corrected chi connectivity index (χ3v) is 2.02. The van der Waals surface area contributed by atoms with E-state index in [0.717, 1.165) is 0 Å². The Labute approximate surface area is 56.5 Å². The molecule has 0 bridgehead atoms. The van der Waals surface area contributed by atoms with Crippen LogP contribution in [0.2, 0.25) is 0 Å². The summed E-state index contributed by atoms with van der Waals surface area (Å²) in [6.07, 6.45) is 2.62. The lowest BCUT2D eigenvalue weighted by Crippen LogP contribution is -2.32. The summed E-state index contributed by atoms with van der Waals surface area (Å²) in [5.41, 5.74) is 0. The molecule has 1 rings (SSSR count). The first kappa shape index (κ1) is 6.43. The quantitative estimate of drug-likeness (QED) is 0.480. The molecular weight excluding hydrogens is 118 g/mol. The first-order chi connectivity index (χ1) is 3.79. The molecule has 8 heavy (non-hydrogen) atoms. The van der Waals surface area contributed by atoms with E-state index in [2.05, 4.69) is 24.6 Å². The molecule has 0 unspecified atom stereocenters. The molecule has 0 amide bonds. The highest BCUT2D eigenvalue weighted by Gasteiger charge is 2.11. The third-order valence-electron chi connectivity index (χ3n) is 1.60. The minimum absolute atomic E-state index is 0.633. The largest absolute Gasteiger partial charge is 0.305 e. The van der Waals surface area contributed by atoms with Gasteiger partial charge in [0.25, 0.3) is 0 Å². The summed E-state index contributed by atoms with van der Waals surface area (Å²) in [6, 6.07) is 0. The van der Waals surface area contributed by atoms with Gasteiger partial charge in [-0.05, 0) is 26.4 Å². The van der Waals surface area contributed by atoms with E-state index < -0.39 is 0 Å². The second-order valence-corrected chi connectivity index (χ2v) is 3.29. The van der Waals surface area contributed by atoms with Gasteiger partial charge in [-0.15, -0.1) is 0 Å². The summed E-state index contributed by atoms with van der Waals surface area (Å²) in [5.74, 6) is 0. The molecular formula is C6H13NS. The van der Waals surface area contributed by atoms with Gasteiger partial charge in [-0.3, -0.25) is 0 Å². The van der Waals surface area contributed by atoms with Gasteiger partial charge in [0, 0.05) is 11.8 Å². The van der Waals surface area contributed by atoms with Crippen molar-refractivity contribution in [3.63, 3.8) is 0 Å². The molecule has 1 atom stereocenters. The highest BCUT2D eigenvalue weighted by atomic mass is 32.1. The van der Waals surface area contributed by atoms with Crippen LogP contribution in [0.4, 0.5) is 0 Å². The summed E-state index contributed by atoms with van der Waals surface area (Å²) >= 11 is 4.38. The Morgan fingerprint density at radius 3 is 2.75 bits per heavy atom. The number of thiol groups is 1. The Hall–Kier alpha value is 0.310. The van der Waals surface area contributed by atoms with Crippen molar-refractivity contribution in [1.29, 1.82) is 0 Å². The average molecular weight is 131 g/mol. The van der Waals surface area contributed by atoms with E-state index in [9.17, 15) is 0 Å².